The summed E-state index contributed by atoms with van der Waals surface area (Å²) in [5, 5.41) is 7.50. The number of benzene rings is 1. The number of methoxy groups -OCH3 is 1. The number of para-hydroxylation sites is 1. The van der Waals surface area contributed by atoms with Gasteiger partial charge in [0.15, 0.2) is 5.82 Å². The van der Waals surface area contributed by atoms with Crippen LogP contribution in [0.5, 0.6) is 5.75 Å². The highest BCUT2D eigenvalue weighted by Gasteiger charge is 2.21. The molecule has 8 nitrogen and oxygen atoms in total. The molecular weight excluding hydrogens is 368 g/mol. The van der Waals surface area contributed by atoms with Crippen molar-refractivity contribution < 1.29 is 9.53 Å². The van der Waals surface area contributed by atoms with Crippen molar-refractivity contribution in [2.24, 2.45) is 0 Å². The minimum Gasteiger partial charge on any atom is -0.496 e. The molecule has 0 radical (unpaired) electrons. The van der Waals surface area contributed by atoms with E-state index < -0.39 is 0 Å². The summed E-state index contributed by atoms with van der Waals surface area (Å²) in [6.07, 6.45) is 9.75. The van der Waals surface area contributed by atoms with Crippen LogP contribution in [-0.4, -0.2) is 44.3 Å². The number of carbonyl (C=O) groups is 1. The lowest BCUT2D eigenvalue weighted by Crippen LogP contribution is -2.19. The van der Waals surface area contributed by atoms with Crippen LogP contribution in [0.2, 0.25) is 0 Å². The number of nitrogens with one attached hydrogen (secondary N) is 1. The Morgan fingerprint density at radius 2 is 2.00 bits per heavy atom. The summed E-state index contributed by atoms with van der Waals surface area (Å²) in [6, 6.07) is 6.93. The molecule has 0 atom stereocenters. The van der Waals surface area contributed by atoms with Crippen LogP contribution in [0.3, 0.4) is 0 Å². The van der Waals surface area contributed by atoms with Gasteiger partial charge in [-0.2, -0.15) is 9.67 Å². The van der Waals surface area contributed by atoms with Gasteiger partial charge in [-0.1, -0.05) is 43.5 Å². The second kappa shape index (κ2) is 9.23. The number of allylic oxidation sites excluding steroid dienone is 2. The molecule has 0 saturated carbocycles. The largest absolute Gasteiger partial charge is 0.496 e. The first-order chi connectivity index (χ1) is 14.2. The van der Waals surface area contributed by atoms with Gasteiger partial charge in [0.2, 0.25) is 5.95 Å². The predicted octanol–water partition coefficient (Wildman–Crippen LogP) is 3.14. The number of anilines is 1. The van der Waals surface area contributed by atoms with Gasteiger partial charge in [-0.05, 0) is 17.7 Å². The Labute approximate surface area is 168 Å². The maximum Gasteiger partial charge on any atom is 0.285 e. The number of hydrogen-bond acceptors (Lipinski definition) is 7. The van der Waals surface area contributed by atoms with Crippen LogP contribution in [0, 0.1) is 0 Å². The zero-order valence-electron chi connectivity index (χ0n) is 15.9. The Balaban J connectivity index is 2.02. The first-order valence-electron chi connectivity index (χ1n) is 8.76. The van der Waals surface area contributed by atoms with Crippen molar-refractivity contribution in [2.45, 2.75) is 0 Å². The highest BCUT2D eigenvalue weighted by Crippen LogP contribution is 2.22. The third-order valence-electron chi connectivity index (χ3n) is 4.00. The minimum atomic E-state index is -0.381. The number of ether oxygens (including phenoxy) is 1. The maximum absolute atomic E-state index is 13.2. The summed E-state index contributed by atoms with van der Waals surface area (Å²) in [4.78, 5) is 25.6. The Hall–Kier alpha value is -4.07. The molecule has 2 heterocycles. The molecule has 8 heteroatoms. The summed E-state index contributed by atoms with van der Waals surface area (Å²) in [6.45, 7) is 7.85. The van der Waals surface area contributed by atoms with E-state index in [9.17, 15) is 4.79 Å². The standard InChI is InChI=1S/C21H20N6O2/c1-4-8-15(5-2)11-24-21-25-19(16-12-22-14-23-13-16)26-27(21)20(28)17-9-6-7-10-18(17)29-3/h4-10,12-14H,1-2,11H2,3H3,(H,24,25,26)/b15-8+. The second-order valence-electron chi connectivity index (χ2n) is 5.84. The van der Waals surface area contributed by atoms with Gasteiger partial charge in [-0.15, -0.1) is 5.10 Å². The lowest BCUT2D eigenvalue weighted by Gasteiger charge is -2.10. The smallest absolute Gasteiger partial charge is 0.285 e. The normalized spacial score (nSPS) is 11.0. The van der Waals surface area contributed by atoms with E-state index in [-0.39, 0.29) is 11.9 Å². The predicted molar refractivity (Wildman–Crippen MR) is 111 cm³/mol. The Bertz CT molecular complexity index is 1060. The third-order valence-corrected chi connectivity index (χ3v) is 4.00. The monoisotopic (exact) mass is 388 g/mol. The molecule has 1 aromatic carbocycles. The SMILES string of the molecule is C=C/C=C(\C=C)CNc1nc(-c2cncnc2)nn1C(=O)c1ccccc1OC. The molecule has 1 N–H and O–H groups in total. The molecule has 0 unspecified atom stereocenters. The number of rotatable bonds is 8. The molecule has 3 aromatic rings. The Morgan fingerprint density at radius 3 is 2.69 bits per heavy atom. The van der Waals surface area contributed by atoms with E-state index in [2.05, 4.69) is 38.5 Å². The number of carbonyl (C=O) groups excluding carboxylic acids is 1. The van der Waals surface area contributed by atoms with Gasteiger partial charge in [-0.3, -0.25) is 4.79 Å². The Morgan fingerprint density at radius 1 is 1.24 bits per heavy atom. The third kappa shape index (κ3) is 4.44. The fraction of sp³-hybridized carbons (Fsp3) is 0.0952. The highest BCUT2D eigenvalue weighted by atomic mass is 16.5. The van der Waals surface area contributed by atoms with Crippen LogP contribution >= 0.6 is 0 Å². The zero-order valence-corrected chi connectivity index (χ0v) is 15.9. The van der Waals surface area contributed by atoms with E-state index in [4.69, 9.17) is 4.74 Å². The molecule has 0 spiro atoms. The van der Waals surface area contributed by atoms with E-state index in [1.54, 1.807) is 48.8 Å². The zero-order chi connectivity index (χ0) is 20.6. The van der Waals surface area contributed by atoms with Crippen molar-refractivity contribution in [3.05, 3.63) is 85.5 Å². The lowest BCUT2D eigenvalue weighted by molar-refractivity contribution is 0.0944. The van der Waals surface area contributed by atoms with Crippen molar-refractivity contribution in [2.75, 3.05) is 19.0 Å². The summed E-state index contributed by atoms with van der Waals surface area (Å²) in [5.41, 5.74) is 1.83. The van der Waals surface area contributed by atoms with Crippen LogP contribution in [-0.2, 0) is 0 Å². The molecule has 29 heavy (non-hydrogen) atoms. The molecule has 0 aliphatic rings. The van der Waals surface area contributed by atoms with Gasteiger partial charge in [0, 0.05) is 18.9 Å². The maximum atomic E-state index is 13.2. The quantitative estimate of drug-likeness (QED) is 0.592. The van der Waals surface area contributed by atoms with Gasteiger partial charge >= 0.3 is 0 Å². The summed E-state index contributed by atoms with van der Waals surface area (Å²) in [7, 11) is 1.51. The van der Waals surface area contributed by atoms with Crippen molar-refractivity contribution >= 4 is 11.9 Å². The summed E-state index contributed by atoms with van der Waals surface area (Å²) < 4.78 is 6.51. The number of hydrogen-bond donors (Lipinski definition) is 1. The van der Waals surface area contributed by atoms with E-state index in [0.29, 0.717) is 29.2 Å². The molecule has 2 aromatic heterocycles. The van der Waals surface area contributed by atoms with Gasteiger partial charge in [-0.25, -0.2) is 9.97 Å². The summed E-state index contributed by atoms with van der Waals surface area (Å²) in [5.74, 6) is 0.663. The van der Waals surface area contributed by atoms with Gasteiger partial charge in [0.25, 0.3) is 5.91 Å². The minimum absolute atomic E-state index is 0.275. The van der Waals surface area contributed by atoms with E-state index in [0.717, 1.165) is 5.57 Å². The molecular formula is C21H20N6O2. The number of aromatic nitrogens is 5. The van der Waals surface area contributed by atoms with Crippen molar-refractivity contribution in [1.82, 2.24) is 24.7 Å². The molecule has 0 aliphatic heterocycles. The van der Waals surface area contributed by atoms with Crippen LogP contribution < -0.4 is 10.1 Å². The fourth-order valence-corrected chi connectivity index (χ4v) is 2.57. The molecule has 3 rings (SSSR count). The van der Waals surface area contributed by atoms with Gasteiger partial charge in [0.05, 0.1) is 18.2 Å². The van der Waals surface area contributed by atoms with E-state index in [1.807, 2.05) is 6.08 Å². The molecule has 0 aliphatic carbocycles. The van der Waals surface area contributed by atoms with Crippen molar-refractivity contribution in [1.29, 1.82) is 0 Å². The molecule has 0 fully saturated rings. The van der Waals surface area contributed by atoms with Crippen LogP contribution in [0.4, 0.5) is 5.95 Å². The second-order valence-corrected chi connectivity index (χ2v) is 5.84. The molecule has 146 valence electrons. The van der Waals surface area contributed by atoms with Gasteiger partial charge in [0.1, 0.15) is 12.1 Å². The Kier molecular flexibility index (Phi) is 6.26. The fourth-order valence-electron chi connectivity index (χ4n) is 2.57. The average Bonchev–Trinajstić information content (AvgIpc) is 3.21. The molecule has 0 amide bonds. The molecule has 0 bridgehead atoms. The lowest BCUT2D eigenvalue weighted by atomic mass is 10.2. The van der Waals surface area contributed by atoms with E-state index in [1.165, 1.54) is 18.1 Å². The van der Waals surface area contributed by atoms with Crippen LogP contribution in [0.25, 0.3) is 11.4 Å². The topological polar surface area (TPSA) is 94.8 Å². The summed E-state index contributed by atoms with van der Waals surface area (Å²) >= 11 is 0. The van der Waals surface area contributed by atoms with Crippen molar-refractivity contribution in [3.8, 4) is 17.1 Å². The van der Waals surface area contributed by atoms with Crippen LogP contribution in [0.1, 0.15) is 10.4 Å². The van der Waals surface area contributed by atoms with Crippen LogP contribution in [0.15, 0.2) is 79.9 Å². The molecule has 0 saturated heterocycles. The van der Waals surface area contributed by atoms with E-state index >= 15 is 0 Å². The number of nitrogens with zero attached hydrogens (tertiary/aromatic N) is 5. The first-order valence-corrected chi connectivity index (χ1v) is 8.76. The highest BCUT2D eigenvalue weighted by molar-refractivity contribution is 5.99. The van der Waals surface area contributed by atoms with Crippen molar-refractivity contribution in [3.63, 3.8) is 0 Å². The first kappa shape index (κ1) is 19.7. The average molecular weight is 388 g/mol. The van der Waals surface area contributed by atoms with Gasteiger partial charge < -0.3 is 10.1 Å².